The maximum absolute atomic E-state index is 12.5. The van der Waals surface area contributed by atoms with Crippen molar-refractivity contribution in [2.24, 2.45) is 5.92 Å². The number of amides is 1. The molecule has 0 aliphatic carbocycles. The van der Waals surface area contributed by atoms with E-state index >= 15 is 0 Å². The van der Waals surface area contributed by atoms with Gasteiger partial charge in [-0.05, 0) is 46.0 Å². The number of carbonyl (C=O) groups is 1. The summed E-state index contributed by atoms with van der Waals surface area (Å²) in [6.07, 6.45) is 0. The molecule has 0 aliphatic heterocycles. The molecule has 0 radical (unpaired) electrons. The van der Waals surface area contributed by atoms with Crippen LogP contribution < -0.4 is 10.1 Å². The first-order valence-corrected chi connectivity index (χ1v) is 9.70. The average molecular weight is 376 g/mol. The van der Waals surface area contributed by atoms with Gasteiger partial charge in [0.1, 0.15) is 22.2 Å². The number of likely N-dealkylation sites (N-methyl/N-ethyl adjacent to an activating group) is 1. The van der Waals surface area contributed by atoms with Crippen LogP contribution in [0.4, 0.5) is 0 Å². The number of aromatic nitrogens is 1. The van der Waals surface area contributed by atoms with Crippen molar-refractivity contribution in [1.82, 2.24) is 15.2 Å². The molecule has 0 fully saturated rings. The van der Waals surface area contributed by atoms with Gasteiger partial charge in [-0.2, -0.15) is 0 Å². The number of nitrogens with zero attached hydrogens (tertiary/aromatic N) is 2. The van der Waals surface area contributed by atoms with Gasteiger partial charge >= 0.3 is 0 Å². The lowest BCUT2D eigenvalue weighted by Crippen LogP contribution is -2.43. The maximum Gasteiger partial charge on any atom is 0.263 e. The summed E-state index contributed by atoms with van der Waals surface area (Å²) in [5, 5.41) is 3.85. The highest BCUT2D eigenvalue weighted by Crippen LogP contribution is 2.21. The number of ether oxygens (including phenoxy) is 1. The summed E-state index contributed by atoms with van der Waals surface area (Å²) in [5.41, 5.74) is 1.94. The van der Waals surface area contributed by atoms with E-state index in [1.54, 1.807) is 0 Å². The molecule has 2 aromatic rings. The van der Waals surface area contributed by atoms with Gasteiger partial charge in [0.15, 0.2) is 0 Å². The van der Waals surface area contributed by atoms with E-state index in [2.05, 4.69) is 29.0 Å². The molecule has 0 saturated carbocycles. The Labute approximate surface area is 160 Å². The largest absolute Gasteiger partial charge is 0.486 e. The predicted octanol–water partition coefficient (Wildman–Crippen LogP) is 3.65. The van der Waals surface area contributed by atoms with Gasteiger partial charge < -0.3 is 15.0 Å². The van der Waals surface area contributed by atoms with E-state index in [0.29, 0.717) is 30.0 Å². The molecular formula is C20H29N3O2S. The summed E-state index contributed by atoms with van der Waals surface area (Å²) < 4.78 is 5.77. The lowest BCUT2D eigenvalue weighted by Gasteiger charge is -2.27. The van der Waals surface area contributed by atoms with Gasteiger partial charge in [-0.15, -0.1) is 11.3 Å². The molecule has 1 amide bonds. The summed E-state index contributed by atoms with van der Waals surface area (Å²) in [5.74, 6) is 1.21. The van der Waals surface area contributed by atoms with Crippen LogP contribution in [0, 0.1) is 19.8 Å². The normalized spacial score (nSPS) is 12.5. The molecule has 6 heteroatoms. The predicted molar refractivity (Wildman–Crippen MR) is 107 cm³/mol. The van der Waals surface area contributed by atoms with Gasteiger partial charge in [-0.1, -0.05) is 31.5 Å². The molecule has 0 spiro atoms. The van der Waals surface area contributed by atoms with Crippen LogP contribution >= 0.6 is 11.3 Å². The van der Waals surface area contributed by atoms with E-state index < -0.39 is 0 Å². The Morgan fingerprint density at radius 2 is 1.88 bits per heavy atom. The molecule has 0 bridgehead atoms. The van der Waals surface area contributed by atoms with Crippen molar-refractivity contribution in [3.8, 4) is 5.75 Å². The number of rotatable bonds is 8. The number of benzene rings is 1. The van der Waals surface area contributed by atoms with Crippen LogP contribution in [-0.2, 0) is 6.61 Å². The van der Waals surface area contributed by atoms with Crippen LogP contribution in [-0.4, -0.2) is 42.5 Å². The van der Waals surface area contributed by atoms with E-state index in [4.69, 9.17) is 4.74 Å². The fraction of sp³-hybridized carbons (Fsp3) is 0.500. The standard InChI is InChI=1S/C20H29N3O2S/c1-13(2)17(23(5)6)11-21-20(24)19-15(4)22-18(26-19)12-25-16-9-7-14(3)8-10-16/h7-10,13,17H,11-12H2,1-6H3,(H,21,24). The second-order valence-electron chi connectivity index (χ2n) is 7.11. The third-order valence-corrected chi connectivity index (χ3v) is 5.46. The topological polar surface area (TPSA) is 54.5 Å². The van der Waals surface area contributed by atoms with Crippen molar-refractivity contribution in [3.63, 3.8) is 0 Å². The van der Waals surface area contributed by atoms with Crippen LogP contribution in [0.1, 0.15) is 39.8 Å². The molecule has 26 heavy (non-hydrogen) atoms. The Morgan fingerprint density at radius 1 is 1.23 bits per heavy atom. The van der Waals surface area contributed by atoms with E-state index in [0.717, 1.165) is 16.5 Å². The molecule has 1 aromatic heterocycles. The van der Waals surface area contributed by atoms with Crippen LogP contribution in [0.25, 0.3) is 0 Å². The van der Waals surface area contributed by atoms with Crippen molar-refractivity contribution in [3.05, 3.63) is 45.4 Å². The van der Waals surface area contributed by atoms with Gasteiger partial charge in [0.25, 0.3) is 5.91 Å². The molecule has 142 valence electrons. The van der Waals surface area contributed by atoms with E-state index in [1.165, 1.54) is 16.9 Å². The monoisotopic (exact) mass is 375 g/mol. The lowest BCUT2D eigenvalue weighted by molar-refractivity contribution is 0.0938. The van der Waals surface area contributed by atoms with Crippen molar-refractivity contribution in [2.45, 2.75) is 40.3 Å². The minimum Gasteiger partial charge on any atom is -0.486 e. The number of nitrogens with one attached hydrogen (secondary N) is 1. The van der Waals surface area contributed by atoms with Crippen molar-refractivity contribution < 1.29 is 9.53 Å². The molecule has 0 aliphatic rings. The minimum atomic E-state index is -0.0610. The van der Waals surface area contributed by atoms with Crippen molar-refractivity contribution in [1.29, 1.82) is 0 Å². The third-order valence-electron chi connectivity index (χ3n) is 4.34. The molecule has 2 rings (SSSR count). The fourth-order valence-electron chi connectivity index (χ4n) is 2.80. The summed E-state index contributed by atoms with van der Waals surface area (Å²) in [6, 6.07) is 8.21. The average Bonchev–Trinajstić information content (AvgIpc) is 2.94. The maximum atomic E-state index is 12.5. The summed E-state index contributed by atoms with van der Waals surface area (Å²) in [4.78, 5) is 19.8. The molecule has 1 aromatic carbocycles. The Kier molecular flexibility index (Phi) is 7.17. The Bertz CT molecular complexity index is 715. The molecular weight excluding hydrogens is 346 g/mol. The SMILES string of the molecule is Cc1ccc(OCc2nc(C)c(C(=O)NCC(C(C)C)N(C)C)s2)cc1. The van der Waals surface area contributed by atoms with E-state index in [1.807, 2.05) is 52.2 Å². The molecule has 1 N–H and O–H groups in total. The van der Waals surface area contributed by atoms with Gasteiger partial charge in [0.2, 0.25) is 0 Å². The van der Waals surface area contributed by atoms with Crippen molar-refractivity contribution in [2.75, 3.05) is 20.6 Å². The van der Waals surface area contributed by atoms with Crippen molar-refractivity contribution >= 4 is 17.2 Å². The second kappa shape index (κ2) is 9.14. The summed E-state index contributed by atoms with van der Waals surface area (Å²) in [6.45, 7) is 9.22. The van der Waals surface area contributed by atoms with Crippen LogP contribution in [0.5, 0.6) is 5.75 Å². The smallest absolute Gasteiger partial charge is 0.263 e. The zero-order valence-electron chi connectivity index (χ0n) is 16.5. The van der Waals surface area contributed by atoms with Crippen LogP contribution in [0.3, 0.4) is 0 Å². The van der Waals surface area contributed by atoms with E-state index in [9.17, 15) is 4.79 Å². The van der Waals surface area contributed by atoms with Gasteiger partial charge in [-0.3, -0.25) is 4.79 Å². The fourth-order valence-corrected chi connectivity index (χ4v) is 3.69. The quantitative estimate of drug-likeness (QED) is 0.765. The molecule has 0 saturated heterocycles. The molecule has 5 nitrogen and oxygen atoms in total. The van der Waals surface area contributed by atoms with Gasteiger partial charge in [0, 0.05) is 12.6 Å². The highest BCUT2D eigenvalue weighted by molar-refractivity contribution is 7.13. The summed E-state index contributed by atoms with van der Waals surface area (Å²) in [7, 11) is 4.07. The number of carbonyl (C=O) groups excluding carboxylic acids is 1. The van der Waals surface area contributed by atoms with Crippen LogP contribution in [0.15, 0.2) is 24.3 Å². The highest BCUT2D eigenvalue weighted by Gasteiger charge is 2.20. The lowest BCUT2D eigenvalue weighted by atomic mass is 10.0. The molecule has 1 unspecified atom stereocenters. The first-order chi connectivity index (χ1) is 12.3. The first-order valence-electron chi connectivity index (χ1n) is 8.88. The zero-order chi connectivity index (χ0) is 19.3. The Morgan fingerprint density at radius 3 is 2.46 bits per heavy atom. The van der Waals surface area contributed by atoms with E-state index in [-0.39, 0.29) is 5.91 Å². The Balaban J connectivity index is 1.95. The van der Waals surface area contributed by atoms with Crippen LogP contribution in [0.2, 0.25) is 0 Å². The van der Waals surface area contributed by atoms with Gasteiger partial charge in [-0.25, -0.2) is 4.98 Å². The molecule has 1 heterocycles. The third kappa shape index (κ3) is 5.54. The first kappa shape index (κ1) is 20.4. The number of hydrogen-bond acceptors (Lipinski definition) is 5. The molecule has 1 atom stereocenters. The minimum absolute atomic E-state index is 0.0610. The second-order valence-corrected chi connectivity index (χ2v) is 8.19. The zero-order valence-corrected chi connectivity index (χ0v) is 17.3. The summed E-state index contributed by atoms with van der Waals surface area (Å²) >= 11 is 1.40. The number of aryl methyl sites for hydroxylation is 2. The number of hydrogen-bond donors (Lipinski definition) is 1. The van der Waals surface area contributed by atoms with Gasteiger partial charge in [0.05, 0.1) is 5.69 Å². The number of thiazole rings is 1. The Hall–Kier alpha value is -1.92. The highest BCUT2D eigenvalue weighted by atomic mass is 32.1.